The van der Waals surface area contributed by atoms with Gasteiger partial charge in [-0.15, -0.1) is 11.3 Å². The van der Waals surface area contributed by atoms with Gasteiger partial charge in [0.2, 0.25) is 0 Å². The van der Waals surface area contributed by atoms with Crippen molar-refractivity contribution < 1.29 is 22.7 Å². The van der Waals surface area contributed by atoms with E-state index in [4.69, 9.17) is 21.1 Å². The van der Waals surface area contributed by atoms with E-state index in [0.717, 1.165) is 30.6 Å². The van der Waals surface area contributed by atoms with Crippen molar-refractivity contribution in [3.63, 3.8) is 0 Å². The molecule has 2 atom stereocenters. The molecule has 0 saturated carbocycles. The van der Waals surface area contributed by atoms with Gasteiger partial charge in [0.05, 0.1) is 17.0 Å². The zero-order chi connectivity index (χ0) is 16.2. The van der Waals surface area contributed by atoms with Crippen LogP contribution in [0, 0.1) is 0 Å². The summed E-state index contributed by atoms with van der Waals surface area (Å²) in [4.78, 5) is 11.9. The highest BCUT2D eigenvalue weighted by Gasteiger charge is 2.24. The van der Waals surface area contributed by atoms with Gasteiger partial charge in [0.1, 0.15) is 10.3 Å². The fourth-order valence-electron chi connectivity index (χ4n) is 1.97. The monoisotopic (exact) mass is 367 g/mol. The molecule has 2 rings (SSSR count). The van der Waals surface area contributed by atoms with Crippen LogP contribution >= 0.6 is 22.9 Å². The van der Waals surface area contributed by atoms with E-state index in [2.05, 4.69) is 0 Å². The maximum absolute atomic E-state index is 12.0. The van der Waals surface area contributed by atoms with Gasteiger partial charge in [-0.3, -0.25) is 4.79 Å². The molecule has 1 aliphatic rings. The maximum atomic E-state index is 12.0. The number of amides is 1. The van der Waals surface area contributed by atoms with Crippen molar-refractivity contribution in [3.8, 4) is 0 Å². The van der Waals surface area contributed by atoms with Crippen LogP contribution < -0.4 is 4.72 Å². The first-order valence-corrected chi connectivity index (χ1v) is 9.61. The Morgan fingerprint density at radius 2 is 2.32 bits per heavy atom. The Hall–Kier alpha value is -0.670. The lowest BCUT2D eigenvalue weighted by molar-refractivity contribution is -0.133. The summed E-state index contributed by atoms with van der Waals surface area (Å²) in [5.41, 5.74) is 0. The summed E-state index contributed by atoms with van der Waals surface area (Å²) in [6.45, 7) is 2.48. The molecule has 6 nitrogen and oxygen atoms in total. The first-order chi connectivity index (χ1) is 10.4. The summed E-state index contributed by atoms with van der Waals surface area (Å²) in [6.07, 6.45) is 2.09. The Bertz CT molecular complexity index is 610. The van der Waals surface area contributed by atoms with Crippen molar-refractivity contribution in [2.75, 3.05) is 13.2 Å². The normalized spacial score (nSPS) is 20.5. The van der Waals surface area contributed by atoms with Gasteiger partial charge < -0.3 is 9.47 Å². The van der Waals surface area contributed by atoms with Gasteiger partial charge in [-0.1, -0.05) is 11.6 Å². The highest BCUT2D eigenvalue weighted by atomic mass is 35.5. The van der Waals surface area contributed by atoms with E-state index < -0.39 is 22.0 Å². The van der Waals surface area contributed by atoms with Gasteiger partial charge in [0, 0.05) is 6.61 Å². The van der Waals surface area contributed by atoms with Crippen LogP contribution in [0.15, 0.2) is 16.3 Å². The molecule has 0 aromatic carbocycles. The highest BCUT2D eigenvalue weighted by Crippen LogP contribution is 2.25. The van der Waals surface area contributed by atoms with Crippen LogP contribution in [0.4, 0.5) is 0 Å². The lowest BCUT2D eigenvalue weighted by atomic mass is 10.1. The highest BCUT2D eigenvalue weighted by molar-refractivity contribution is 7.92. The molecule has 0 unspecified atom stereocenters. The van der Waals surface area contributed by atoms with E-state index in [-0.39, 0.29) is 16.9 Å². The number of rotatable bonds is 6. The molecule has 1 aromatic heterocycles. The standard InChI is InChI=1S/C13H18ClNO5S2/c1-9(20-8-10-4-2-3-7-19-10)13(16)15-22(17,18)12-6-5-11(14)21-12/h5-6,9-10H,2-4,7-8H2,1H3,(H,15,16)/t9-,10+/m0/s1. The van der Waals surface area contributed by atoms with Crippen LogP contribution in [-0.4, -0.2) is 39.7 Å². The Kier molecular flexibility index (Phi) is 6.22. The van der Waals surface area contributed by atoms with Crippen LogP contribution in [0.2, 0.25) is 4.34 Å². The fourth-order valence-corrected chi connectivity index (χ4v) is 4.50. The number of carbonyl (C=O) groups is 1. The Labute approximate surface area is 138 Å². The van der Waals surface area contributed by atoms with Crippen molar-refractivity contribution in [1.29, 1.82) is 0 Å². The van der Waals surface area contributed by atoms with E-state index in [1.165, 1.54) is 19.1 Å². The third-order valence-electron chi connectivity index (χ3n) is 3.22. The number of carbonyl (C=O) groups excluding carboxylic acids is 1. The quantitative estimate of drug-likeness (QED) is 0.833. The molecule has 1 fully saturated rings. The van der Waals surface area contributed by atoms with E-state index >= 15 is 0 Å². The van der Waals surface area contributed by atoms with Gasteiger partial charge in [-0.25, -0.2) is 13.1 Å². The number of halogens is 1. The summed E-state index contributed by atoms with van der Waals surface area (Å²) in [7, 11) is -3.90. The summed E-state index contributed by atoms with van der Waals surface area (Å²) >= 11 is 6.59. The van der Waals surface area contributed by atoms with E-state index in [1.54, 1.807) is 0 Å². The summed E-state index contributed by atoms with van der Waals surface area (Å²) in [6, 6.07) is 2.82. The smallest absolute Gasteiger partial charge is 0.273 e. The van der Waals surface area contributed by atoms with Crippen LogP contribution in [-0.2, 0) is 24.3 Å². The molecule has 22 heavy (non-hydrogen) atoms. The van der Waals surface area contributed by atoms with Crippen molar-refractivity contribution in [1.82, 2.24) is 4.72 Å². The van der Waals surface area contributed by atoms with Crippen molar-refractivity contribution in [2.45, 2.75) is 42.6 Å². The molecule has 1 saturated heterocycles. The average Bonchev–Trinajstić information content (AvgIpc) is 2.93. The van der Waals surface area contributed by atoms with Crippen molar-refractivity contribution in [3.05, 3.63) is 16.5 Å². The van der Waals surface area contributed by atoms with Gasteiger partial charge in [-0.2, -0.15) is 0 Å². The Morgan fingerprint density at radius 1 is 1.55 bits per heavy atom. The topological polar surface area (TPSA) is 81.7 Å². The predicted molar refractivity (Wildman–Crippen MR) is 83.7 cm³/mol. The fraction of sp³-hybridized carbons (Fsp3) is 0.615. The van der Waals surface area contributed by atoms with E-state index in [0.29, 0.717) is 10.9 Å². The first kappa shape index (κ1) is 17.7. The number of ether oxygens (including phenoxy) is 2. The zero-order valence-corrected chi connectivity index (χ0v) is 14.5. The summed E-state index contributed by atoms with van der Waals surface area (Å²) in [5, 5.41) is 0. The SMILES string of the molecule is C[C@H](OC[C@H]1CCCCO1)C(=O)NS(=O)(=O)c1ccc(Cl)s1. The van der Waals surface area contributed by atoms with Gasteiger partial charge >= 0.3 is 0 Å². The van der Waals surface area contributed by atoms with Gasteiger partial charge in [0.25, 0.3) is 15.9 Å². The second kappa shape index (κ2) is 7.74. The zero-order valence-electron chi connectivity index (χ0n) is 12.1. The number of thiophene rings is 1. The average molecular weight is 368 g/mol. The number of sulfonamides is 1. The van der Waals surface area contributed by atoms with Crippen LogP contribution in [0.25, 0.3) is 0 Å². The van der Waals surface area contributed by atoms with E-state index in [9.17, 15) is 13.2 Å². The lowest BCUT2D eigenvalue weighted by Gasteiger charge is -2.23. The predicted octanol–water partition coefficient (Wildman–Crippen LogP) is 2.18. The molecule has 0 radical (unpaired) electrons. The van der Waals surface area contributed by atoms with Crippen LogP contribution in [0.1, 0.15) is 26.2 Å². The minimum absolute atomic E-state index is 0.00587. The van der Waals surface area contributed by atoms with Crippen LogP contribution in [0.3, 0.4) is 0 Å². The summed E-state index contributed by atoms with van der Waals surface area (Å²) in [5.74, 6) is -0.708. The minimum atomic E-state index is -3.90. The van der Waals surface area contributed by atoms with E-state index in [1.807, 2.05) is 4.72 Å². The van der Waals surface area contributed by atoms with Crippen molar-refractivity contribution in [2.24, 2.45) is 0 Å². The van der Waals surface area contributed by atoms with Crippen molar-refractivity contribution >= 4 is 38.9 Å². The third kappa shape index (κ3) is 4.92. The van der Waals surface area contributed by atoms with Gasteiger partial charge in [-0.05, 0) is 38.3 Å². The molecular formula is C13H18ClNO5S2. The Morgan fingerprint density at radius 3 is 2.91 bits per heavy atom. The second-order valence-corrected chi connectivity index (χ2v) is 8.62. The molecule has 124 valence electrons. The minimum Gasteiger partial charge on any atom is -0.376 e. The molecular weight excluding hydrogens is 350 g/mol. The second-order valence-electron chi connectivity index (χ2n) is 4.99. The number of hydrogen-bond acceptors (Lipinski definition) is 6. The molecule has 9 heteroatoms. The molecule has 0 aliphatic carbocycles. The van der Waals surface area contributed by atoms with Crippen LogP contribution in [0.5, 0.6) is 0 Å². The Balaban J connectivity index is 1.85. The molecule has 1 aliphatic heterocycles. The number of hydrogen-bond donors (Lipinski definition) is 1. The summed E-state index contributed by atoms with van der Waals surface area (Å²) < 4.78 is 37.2. The molecule has 1 amide bonds. The number of nitrogens with one attached hydrogen (secondary N) is 1. The molecule has 0 bridgehead atoms. The maximum Gasteiger partial charge on any atom is 0.273 e. The molecule has 1 N–H and O–H groups in total. The molecule has 1 aromatic rings. The molecule has 0 spiro atoms. The lowest BCUT2D eigenvalue weighted by Crippen LogP contribution is -2.39. The third-order valence-corrected chi connectivity index (χ3v) is 6.29. The molecule has 2 heterocycles. The first-order valence-electron chi connectivity index (χ1n) is 6.93. The largest absolute Gasteiger partial charge is 0.376 e. The van der Waals surface area contributed by atoms with Gasteiger partial charge in [0.15, 0.2) is 0 Å².